The molecule has 0 unspecified atom stereocenters. The molecule has 2 aliphatic rings. The van der Waals surface area contributed by atoms with Crippen molar-refractivity contribution < 1.29 is 14.6 Å². The lowest BCUT2D eigenvalue weighted by Crippen LogP contribution is -2.40. The maximum absolute atomic E-state index is 9.53. The van der Waals surface area contributed by atoms with Crippen LogP contribution < -0.4 is 15.2 Å². The van der Waals surface area contributed by atoms with E-state index >= 15 is 0 Å². The third-order valence-corrected chi connectivity index (χ3v) is 6.54. The van der Waals surface area contributed by atoms with E-state index in [4.69, 9.17) is 15.2 Å². The smallest absolute Gasteiger partial charge is 0.119 e. The summed E-state index contributed by atoms with van der Waals surface area (Å²) in [7, 11) is 1.67. The lowest BCUT2D eigenvalue weighted by molar-refractivity contribution is 0.198. The summed E-state index contributed by atoms with van der Waals surface area (Å²) in [5.74, 6) is 2.79. The van der Waals surface area contributed by atoms with Crippen molar-refractivity contribution in [2.24, 2.45) is 11.7 Å². The standard InChI is InChI=1S/C24H31NO3/c1-27-22-6-8-23(9-7-22)28-15-17-2-3-19-13-20(5-4-18(19)12-17)21-10-11-24(25,14-21)16-26/h4-9,13,17,21,26H,2-3,10-12,14-16,25H2,1H3/t17-,21+,24-/m1/s1. The molecule has 2 aromatic rings. The highest BCUT2D eigenvalue weighted by molar-refractivity contribution is 5.37. The summed E-state index contributed by atoms with van der Waals surface area (Å²) in [6.07, 6.45) is 6.23. The van der Waals surface area contributed by atoms with Crippen molar-refractivity contribution in [3.8, 4) is 11.5 Å². The van der Waals surface area contributed by atoms with Crippen LogP contribution in [0.15, 0.2) is 42.5 Å². The Hall–Kier alpha value is -2.04. The van der Waals surface area contributed by atoms with Gasteiger partial charge in [-0.3, -0.25) is 0 Å². The molecule has 0 bridgehead atoms. The molecule has 2 aliphatic carbocycles. The van der Waals surface area contributed by atoms with E-state index in [1.807, 2.05) is 24.3 Å². The van der Waals surface area contributed by atoms with Crippen LogP contribution in [0.25, 0.3) is 0 Å². The van der Waals surface area contributed by atoms with Crippen molar-refractivity contribution in [2.45, 2.75) is 50.0 Å². The third kappa shape index (κ3) is 4.18. The highest BCUT2D eigenvalue weighted by Gasteiger charge is 2.36. The van der Waals surface area contributed by atoms with E-state index < -0.39 is 0 Å². The summed E-state index contributed by atoms with van der Waals surface area (Å²) in [5, 5.41) is 9.53. The van der Waals surface area contributed by atoms with Crippen molar-refractivity contribution in [3.05, 3.63) is 59.2 Å². The number of nitrogens with two attached hydrogens (primary N) is 1. The number of aliphatic hydroxyl groups excluding tert-OH is 1. The first-order valence-electron chi connectivity index (χ1n) is 10.4. The van der Waals surface area contributed by atoms with Gasteiger partial charge in [-0.2, -0.15) is 0 Å². The molecule has 0 aromatic heterocycles. The molecule has 0 saturated heterocycles. The fraction of sp³-hybridized carbons (Fsp3) is 0.500. The fourth-order valence-corrected chi connectivity index (χ4v) is 4.72. The molecule has 1 fully saturated rings. The van der Waals surface area contributed by atoms with Crippen molar-refractivity contribution in [3.63, 3.8) is 0 Å². The van der Waals surface area contributed by atoms with Gasteiger partial charge >= 0.3 is 0 Å². The molecule has 150 valence electrons. The molecule has 0 spiro atoms. The van der Waals surface area contributed by atoms with Gasteiger partial charge in [-0.1, -0.05) is 18.2 Å². The first kappa shape index (κ1) is 19.3. The fourth-order valence-electron chi connectivity index (χ4n) is 4.72. The van der Waals surface area contributed by atoms with E-state index in [1.54, 1.807) is 7.11 Å². The highest BCUT2D eigenvalue weighted by atomic mass is 16.5. The lowest BCUT2D eigenvalue weighted by Gasteiger charge is -2.26. The van der Waals surface area contributed by atoms with Crippen LogP contribution in [0, 0.1) is 5.92 Å². The van der Waals surface area contributed by atoms with Crippen LogP contribution in [0.3, 0.4) is 0 Å². The van der Waals surface area contributed by atoms with Gasteiger partial charge in [0.2, 0.25) is 0 Å². The van der Waals surface area contributed by atoms with Gasteiger partial charge in [-0.05, 0) is 91.3 Å². The van der Waals surface area contributed by atoms with Gasteiger partial charge in [-0.15, -0.1) is 0 Å². The van der Waals surface area contributed by atoms with Crippen LogP contribution in [0.5, 0.6) is 11.5 Å². The zero-order valence-electron chi connectivity index (χ0n) is 16.7. The molecule has 0 heterocycles. The minimum absolute atomic E-state index is 0.0876. The Balaban J connectivity index is 1.35. The average molecular weight is 382 g/mol. The number of aryl methyl sites for hydroxylation is 1. The summed E-state index contributed by atoms with van der Waals surface area (Å²) < 4.78 is 11.2. The second-order valence-corrected chi connectivity index (χ2v) is 8.58. The zero-order valence-corrected chi connectivity index (χ0v) is 16.7. The second kappa shape index (κ2) is 8.14. The van der Waals surface area contributed by atoms with E-state index in [0.717, 1.165) is 56.6 Å². The maximum Gasteiger partial charge on any atom is 0.119 e. The van der Waals surface area contributed by atoms with Crippen LogP contribution in [0.4, 0.5) is 0 Å². The normalized spacial score (nSPS) is 26.7. The Labute approximate surface area is 167 Å². The van der Waals surface area contributed by atoms with Crippen molar-refractivity contribution in [1.82, 2.24) is 0 Å². The third-order valence-electron chi connectivity index (χ3n) is 6.54. The Kier molecular flexibility index (Phi) is 5.61. The Morgan fingerprint density at radius 1 is 1.07 bits per heavy atom. The largest absolute Gasteiger partial charge is 0.497 e. The van der Waals surface area contributed by atoms with Gasteiger partial charge in [0.1, 0.15) is 11.5 Å². The molecule has 3 atom stereocenters. The van der Waals surface area contributed by atoms with Crippen molar-refractivity contribution in [2.75, 3.05) is 20.3 Å². The summed E-state index contributed by atoms with van der Waals surface area (Å²) in [5.41, 5.74) is 10.2. The number of benzene rings is 2. The Morgan fingerprint density at radius 2 is 1.86 bits per heavy atom. The SMILES string of the molecule is COc1ccc(OC[C@@H]2CCc3cc([C@H]4CC[C@](N)(CO)C4)ccc3C2)cc1. The zero-order chi connectivity index (χ0) is 19.6. The van der Waals surface area contributed by atoms with Crippen molar-refractivity contribution in [1.29, 1.82) is 0 Å². The number of ether oxygens (including phenoxy) is 2. The van der Waals surface area contributed by atoms with E-state index in [0.29, 0.717) is 11.8 Å². The first-order chi connectivity index (χ1) is 13.6. The number of hydrogen-bond donors (Lipinski definition) is 2. The maximum atomic E-state index is 9.53. The topological polar surface area (TPSA) is 64.7 Å². The summed E-state index contributed by atoms with van der Waals surface area (Å²) in [6, 6.07) is 14.8. The molecule has 0 radical (unpaired) electrons. The van der Waals surface area contributed by atoms with Gasteiger partial charge in [0.25, 0.3) is 0 Å². The minimum Gasteiger partial charge on any atom is -0.497 e. The molecule has 3 N–H and O–H groups in total. The number of rotatable bonds is 6. The predicted octanol–water partition coefficient (Wildman–Crippen LogP) is 3.84. The van der Waals surface area contributed by atoms with Crippen LogP contribution in [-0.4, -0.2) is 31.0 Å². The summed E-state index contributed by atoms with van der Waals surface area (Å²) in [4.78, 5) is 0. The van der Waals surface area contributed by atoms with Gasteiger partial charge < -0.3 is 20.3 Å². The van der Waals surface area contributed by atoms with Gasteiger partial charge in [0, 0.05) is 5.54 Å². The number of fused-ring (bicyclic) bond motifs is 1. The monoisotopic (exact) mass is 381 g/mol. The van der Waals surface area contributed by atoms with Gasteiger partial charge in [0.15, 0.2) is 0 Å². The molecular formula is C24H31NO3. The highest BCUT2D eigenvalue weighted by Crippen LogP contribution is 2.40. The molecule has 2 aromatic carbocycles. The number of hydrogen-bond acceptors (Lipinski definition) is 4. The van der Waals surface area contributed by atoms with Crippen LogP contribution >= 0.6 is 0 Å². The van der Waals surface area contributed by atoms with E-state index in [1.165, 1.54) is 16.7 Å². The van der Waals surface area contributed by atoms with E-state index in [9.17, 15) is 5.11 Å². The number of methoxy groups -OCH3 is 1. The molecule has 0 aliphatic heterocycles. The summed E-state index contributed by atoms with van der Waals surface area (Å²) in [6.45, 7) is 0.840. The van der Waals surface area contributed by atoms with Crippen LogP contribution in [0.1, 0.15) is 48.3 Å². The lowest BCUT2D eigenvalue weighted by atomic mass is 9.82. The molecular weight excluding hydrogens is 350 g/mol. The molecule has 4 heteroatoms. The average Bonchev–Trinajstić information content (AvgIpc) is 3.15. The Bertz CT molecular complexity index is 804. The molecule has 0 amide bonds. The van der Waals surface area contributed by atoms with Gasteiger partial charge in [0.05, 0.1) is 20.3 Å². The number of aliphatic hydroxyl groups is 1. The minimum atomic E-state index is -0.384. The molecule has 1 saturated carbocycles. The van der Waals surface area contributed by atoms with E-state index in [2.05, 4.69) is 18.2 Å². The predicted molar refractivity (Wildman–Crippen MR) is 111 cm³/mol. The van der Waals surface area contributed by atoms with Crippen LogP contribution in [-0.2, 0) is 12.8 Å². The quantitative estimate of drug-likeness (QED) is 0.798. The van der Waals surface area contributed by atoms with E-state index in [-0.39, 0.29) is 12.1 Å². The van der Waals surface area contributed by atoms with Crippen LogP contribution in [0.2, 0.25) is 0 Å². The van der Waals surface area contributed by atoms with Gasteiger partial charge in [-0.25, -0.2) is 0 Å². The molecule has 28 heavy (non-hydrogen) atoms. The second-order valence-electron chi connectivity index (χ2n) is 8.58. The molecule has 4 rings (SSSR count). The Morgan fingerprint density at radius 3 is 2.57 bits per heavy atom. The summed E-state index contributed by atoms with van der Waals surface area (Å²) >= 11 is 0. The van der Waals surface area contributed by atoms with Crippen molar-refractivity contribution >= 4 is 0 Å². The molecule has 4 nitrogen and oxygen atoms in total. The first-order valence-corrected chi connectivity index (χ1v) is 10.4.